The lowest BCUT2D eigenvalue weighted by atomic mass is 9.96. The predicted octanol–water partition coefficient (Wildman–Crippen LogP) is 4.50. The van der Waals surface area contributed by atoms with Gasteiger partial charge in [0.05, 0.1) is 19.1 Å². The van der Waals surface area contributed by atoms with Crippen LogP contribution in [0.5, 0.6) is 5.75 Å². The lowest BCUT2D eigenvalue weighted by Crippen LogP contribution is -2.42. The number of methoxy groups -OCH3 is 1. The largest absolute Gasteiger partial charge is 0.497 e. The van der Waals surface area contributed by atoms with Gasteiger partial charge in [-0.2, -0.15) is 0 Å². The zero-order chi connectivity index (χ0) is 21.3. The Morgan fingerprint density at radius 3 is 2.21 bits per heavy atom. The maximum absolute atomic E-state index is 12.3. The Bertz CT molecular complexity index is 621. The van der Waals surface area contributed by atoms with Gasteiger partial charge in [0.2, 0.25) is 0 Å². The van der Waals surface area contributed by atoms with Gasteiger partial charge in [-0.15, -0.1) is 0 Å². The van der Waals surface area contributed by atoms with Crippen LogP contribution in [0.25, 0.3) is 0 Å². The van der Waals surface area contributed by atoms with Crippen LogP contribution in [-0.2, 0) is 20.7 Å². The monoisotopic (exact) mass is 393 g/mol. The fourth-order valence-electron chi connectivity index (χ4n) is 2.63. The summed E-state index contributed by atoms with van der Waals surface area (Å²) >= 11 is 0. The smallest absolute Gasteiger partial charge is 0.407 e. The van der Waals surface area contributed by atoms with E-state index in [1.807, 2.05) is 65.8 Å². The van der Waals surface area contributed by atoms with E-state index in [9.17, 15) is 9.59 Å². The average Bonchev–Trinajstić information content (AvgIpc) is 2.60. The molecule has 0 unspecified atom stereocenters. The first kappa shape index (κ1) is 23.8. The number of carbonyl (C=O) groups excluding carboxylic acids is 2. The molecule has 0 bridgehead atoms. The third-order valence-corrected chi connectivity index (χ3v) is 4.29. The second kappa shape index (κ2) is 10.9. The Morgan fingerprint density at radius 1 is 1.11 bits per heavy atom. The highest BCUT2D eigenvalue weighted by molar-refractivity contribution is 5.72. The normalized spacial score (nSPS) is 14.5. The lowest BCUT2D eigenvalue weighted by molar-refractivity contribution is -0.153. The second-order valence-electron chi connectivity index (χ2n) is 8.19. The molecule has 1 amide bonds. The molecule has 1 aromatic rings. The van der Waals surface area contributed by atoms with Crippen LogP contribution in [0.2, 0.25) is 0 Å². The van der Waals surface area contributed by atoms with Gasteiger partial charge in [0.25, 0.3) is 0 Å². The van der Waals surface area contributed by atoms with Crippen LogP contribution in [0.4, 0.5) is 4.79 Å². The maximum Gasteiger partial charge on any atom is 0.407 e. The van der Waals surface area contributed by atoms with Crippen molar-refractivity contribution in [1.82, 2.24) is 5.32 Å². The highest BCUT2D eigenvalue weighted by atomic mass is 16.6. The molecule has 0 spiro atoms. The Balaban J connectivity index is 2.83. The average molecular weight is 394 g/mol. The molecule has 3 atom stereocenters. The molecule has 0 aliphatic heterocycles. The SMILES string of the molecule is CC[C@H](C)OC(=O)[C@H](C)C[C@H](Cc1ccc(OC)cc1)NC(=O)OC(C)(C)C. The van der Waals surface area contributed by atoms with E-state index in [1.165, 1.54) is 0 Å². The number of ether oxygens (including phenoxy) is 3. The zero-order valence-corrected chi connectivity index (χ0v) is 18.2. The molecule has 1 aromatic carbocycles. The molecule has 28 heavy (non-hydrogen) atoms. The number of nitrogens with one attached hydrogen (secondary N) is 1. The highest BCUT2D eigenvalue weighted by Gasteiger charge is 2.25. The van der Waals surface area contributed by atoms with Crippen molar-refractivity contribution in [1.29, 1.82) is 0 Å². The summed E-state index contributed by atoms with van der Waals surface area (Å²) < 4.78 is 16.0. The fourth-order valence-corrected chi connectivity index (χ4v) is 2.63. The minimum absolute atomic E-state index is 0.117. The molecule has 158 valence electrons. The maximum atomic E-state index is 12.3. The van der Waals surface area contributed by atoms with Gasteiger partial charge < -0.3 is 19.5 Å². The van der Waals surface area contributed by atoms with E-state index >= 15 is 0 Å². The van der Waals surface area contributed by atoms with Gasteiger partial charge in [0, 0.05) is 6.04 Å². The number of carbonyl (C=O) groups is 2. The zero-order valence-electron chi connectivity index (χ0n) is 18.2. The van der Waals surface area contributed by atoms with Crippen molar-refractivity contribution in [2.45, 2.75) is 78.6 Å². The number of hydrogen-bond acceptors (Lipinski definition) is 5. The van der Waals surface area contributed by atoms with Crippen LogP contribution < -0.4 is 10.1 Å². The van der Waals surface area contributed by atoms with Gasteiger partial charge in [-0.3, -0.25) is 4.79 Å². The van der Waals surface area contributed by atoms with Crippen LogP contribution in [0.3, 0.4) is 0 Å². The summed E-state index contributed by atoms with van der Waals surface area (Å²) in [4.78, 5) is 24.6. The molecular formula is C22H35NO5. The fraction of sp³-hybridized carbons (Fsp3) is 0.636. The molecule has 1 N–H and O–H groups in total. The van der Waals surface area contributed by atoms with Crippen LogP contribution >= 0.6 is 0 Å². The molecule has 6 heteroatoms. The summed E-state index contributed by atoms with van der Waals surface area (Å²) in [6, 6.07) is 7.39. The third-order valence-electron chi connectivity index (χ3n) is 4.29. The summed E-state index contributed by atoms with van der Waals surface area (Å²) in [5, 5.41) is 2.90. The molecule has 0 saturated carbocycles. The molecular weight excluding hydrogens is 358 g/mol. The van der Waals surface area contributed by atoms with E-state index in [-0.39, 0.29) is 24.0 Å². The van der Waals surface area contributed by atoms with E-state index in [0.29, 0.717) is 12.8 Å². The third kappa shape index (κ3) is 9.11. The molecule has 1 rings (SSSR count). The molecule has 0 heterocycles. The predicted molar refractivity (Wildman–Crippen MR) is 109 cm³/mol. The number of amides is 1. The van der Waals surface area contributed by atoms with E-state index in [0.717, 1.165) is 17.7 Å². The molecule has 0 saturated heterocycles. The van der Waals surface area contributed by atoms with Gasteiger partial charge in [-0.05, 0) is 64.7 Å². The Kier molecular flexibility index (Phi) is 9.29. The van der Waals surface area contributed by atoms with Crippen molar-refractivity contribution in [3.8, 4) is 5.75 Å². The highest BCUT2D eigenvalue weighted by Crippen LogP contribution is 2.18. The van der Waals surface area contributed by atoms with Crippen LogP contribution in [0.1, 0.15) is 59.9 Å². The van der Waals surface area contributed by atoms with Gasteiger partial charge in [0.1, 0.15) is 11.4 Å². The first-order valence-electron chi connectivity index (χ1n) is 9.87. The second-order valence-corrected chi connectivity index (χ2v) is 8.19. The molecule has 6 nitrogen and oxygen atoms in total. The number of rotatable bonds is 9. The summed E-state index contributed by atoms with van der Waals surface area (Å²) in [6.45, 7) is 11.1. The van der Waals surface area contributed by atoms with Crippen molar-refractivity contribution in [2.75, 3.05) is 7.11 Å². The van der Waals surface area contributed by atoms with Crippen molar-refractivity contribution < 1.29 is 23.8 Å². The summed E-state index contributed by atoms with van der Waals surface area (Å²) in [6.07, 6.45) is 1.19. The topological polar surface area (TPSA) is 73.9 Å². The van der Waals surface area contributed by atoms with E-state index in [2.05, 4.69) is 5.32 Å². The van der Waals surface area contributed by atoms with Gasteiger partial charge in [0.15, 0.2) is 0 Å². The van der Waals surface area contributed by atoms with Crippen LogP contribution in [0, 0.1) is 5.92 Å². The first-order valence-corrected chi connectivity index (χ1v) is 9.87. The van der Waals surface area contributed by atoms with Crippen molar-refractivity contribution >= 4 is 12.1 Å². The first-order chi connectivity index (χ1) is 13.0. The Hall–Kier alpha value is -2.24. The van der Waals surface area contributed by atoms with Gasteiger partial charge >= 0.3 is 12.1 Å². The summed E-state index contributed by atoms with van der Waals surface area (Å²) in [7, 11) is 1.62. The standard InChI is InChI=1S/C22H35NO5/c1-8-16(3)27-20(24)15(2)13-18(23-21(25)28-22(4,5)6)14-17-9-11-19(26-7)12-10-17/h9-12,15-16,18H,8,13-14H2,1-7H3,(H,23,25)/t15-,16+,18-/m1/s1. The lowest BCUT2D eigenvalue weighted by Gasteiger charge is -2.25. The van der Waals surface area contributed by atoms with Crippen molar-refractivity contribution in [2.24, 2.45) is 5.92 Å². The van der Waals surface area contributed by atoms with Crippen LogP contribution in [0.15, 0.2) is 24.3 Å². The molecule has 0 aliphatic rings. The molecule has 0 aliphatic carbocycles. The minimum Gasteiger partial charge on any atom is -0.497 e. The Morgan fingerprint density at radius 2 is 1.71 bits per heavy atom. The Labute approximate surface area is 168 Å². The number of benzene rings is 1. The minimum atomic E-state index is -0.587. The molecule has 0 fully saturated rings. The quantitative estimate of drug-likeness (QED) is 0.625. The number of alkyl carbamates (subject to hydrolysis) is 1. The summed E-state index contributed by atoms with van der Waals surface area (Å²) in [5.41, 5.74) is 0.444. The van der Waals surface area contributed by atoms with Gasteiger partial charge in [-0.1, -0.05) is 26.0 Å². The van der Waals surface area contributed by atoms with Crippen LogP contribution in [-0.4, -0.2) is 36.9 Å². The van der Waals surface area contributed by atoms with E-state index in [1.54, 1.807) is 7.11 Å². The number of esters is 1. The van der Waals surface area contributed by atoms with Crippen molar-refractivity contribution in [3.05, 3.63) is 29.8 Å². The summed E-state index contributed by atoms with van der Waals surface area (Å²) in [5.74, 6) is 0.179. The van der Waals surface area contributed by atoms with Gasteiger partial charge in [-0.25, -0.2) is 4.79 Å². The van der Waals surface area contributed by atoms with E-state index < -0.39 is 11.7 Å². The van der Waals surface area contributed by atoms with Crippen molar-refractivity contribution in [3.63, 3.8) is 0 Å². The van der Waals surface area contributed by atoms with E-state index in [4.69, 9.17) is 14.2 Å². The number of hydrogen-bond donors (Lipinski definition) is 1. The molecule has 0 aromatic heterocycles. The molecule has 0 radical (unpaired) electrons.